The Balaban J connectivity index is 0.000000439. The molecule has 0 radical (unpaired) electrons. The molecule has 0 aromatic heterocycles. The summed E-state index contributed by atoms with van der Waals surface area (Å²) < 4.78 is 17.2. The standard InChI is InChI=1S/C23H30O4.C3H6O.C2H6O2S/c1-13-9-15-16-5-6-17(20(26)12-27-4)23(16,3)11-19(25)21(15)22(2)8-7-14(24)10-18(13)22;1-2-3-4;1-2-4-5-3/h7-8,10,13,15-17,21H,5-6,9,11-12H2,1-4H3;3H,2H2,1H3;3H,2H2,1H3. The summed E-state index contributed by atoms with van der Waals surface area (Å²) in [6.07, 6.45) is 10.2. The van der Waals surface area contributed by atoms with Crippen LogP contribution in [0.1, 0.15) is 66.7 Å². The molecule has 7 unspecified atom stereocenters. The van der Waals surface area contributed by atoms with E-state index in [-0.39, 0.29) is 58.5 Å². The van der Waals surface area contributed by atoms with Crippen LogP contribution >= 0.6 is 12.3 Å². The van der Waals surface area contributed by atoms with E-state index in [1.807, 2.05) is 19.9 Å². The van der Waals surface area contributed by atoms with Gasteiger partial charge in [0.15, 0.2) is 23.9 Å². The molecule has 0 spiro atoms. The highest BCUT2D eigenvalue weighted by Gasteiger charge is 2.63. The maximum Gasteiger partial charge on any atom is 0.178 e. The first-order valence-corrected chi connectivity index (χ1v) is 13.6. The number of ether oxygens (including phenoxy) is 1. The van der Waals surface area contributed by atoms with Crippen LogP contribution in [0.3, 0.4) is 0 Å². The van der Waals surface area contributed by atoms with Gasteiger partial charge in [0.25, 0.3) is 0 Å². The Morgan fingerprint density at radius 1 is 1.25 bits per heavy atom. The molecule has 7 atom stereocenters. The maximum atomic E-state index is 13.5. The summed E-state index contributed by atoms with van der Waals surface area (Å²) in [5.41, 5.74) is 0.515. The van der Waals surface area contributed by atoms with E-state index >= 15 is 0 Å². The largest absolute Gasteiger partial charge is 0.377 e. The third kappa shape index (κ3) is 6.09. The second-order valence-corrected chi connectivity index (χ2v) is 11.1. The summed E-state index contributed by atoms with van der Waals surface area (Å²) in [7, 11) is 1.56. The van der Waals surface area contributed by atoms with Gasteiger partial charge in [-0.25, -0.2) is 0 Å². The van der Waals surface area contributed by atoms with Crippen LogP contribution in [0.25, 0.3) is 0 Å². The molecule has 0 aromatic rings. The molecule has 3 fully saturated rings. The Hall–Kier alpha value is -1.61. The van der Waals surface area contributed by atoms with Gasteiger partial charge in [-0.2, -0.15) is 0 Å². The molecule has 0 amide bonds. The van der Waals surface area contributed by atoms with Crippen molar-refractivity contribution >= 4 is 36.0 Å². The molecule has 202 valence electrons. The zero-order valence-corrected chi connectivity index (χ0v) is 23.3. The van der Waals surface area contributed by atoms with E-state index in [9.17, 15) is 19.2 Å². The van der Waals surface area contributed by atoms with Crippen LogP contribution in [0.4, 0.5) is 0 Å². The van der Waals surface area contributed by atoms with Gasteiger partial charge in [-0.15, -0.1) is 0 Å². The summed E-state index contributed by atoms with van der Waals surface area (Å²) in [5.74, 6) is 1.27. The van der Waals surface area contributed by atoms with Crippen LogP contribution in [-0.2, 0) is 28.1 Å². The Morgan fingerprint density at radius 2 is 1.92 bits per heavy atom. The maximum absolute atomic E-state index is 13.5. The van der Waals surface area contributed by atoms with Crippen LogP contribution in [0.15, 0.2) is 23.8 Å². The molecule has 0 heterocycles. The predicted octanol–water partition coefficient (Wildman–Crippen LogP) is 5.29. The van der Waals surface area contributed by atoms with Crippen molar-refractivity contribution in [1.29, 1.82) is 0 Å². The number of methoxy groups -OCH3 is 1. The molecule has 4 aliphatic rings. The average Bonchev–Trinajstić information content (AvgIpc) is 3.18. The summed E-state index contributed by atoms with van der Waals surface area (Å²) in [5, 5.41) is 0. The highest BCUT2D eigenvalue weighted by Crippen LogP contribution is 2.65. The topological polar surface area (TPSA) is 107 Å². The van der Waals surface area contributed by atoms with E-state index < -0.39 is 0 Å². The first-order chi connectivity index (χ1) is 17.0. The summed E-state index contributed by atoms with van der Waals surface area (Å²) in [6, 6.07) is 0. The summed E-state index contributed by atoms with van der Waals surface area (Å²) >= 11 is 0.402. The Morgan fingerprint density at radius 3 is 2.44 bits per heavy atom. The minimum Gasteiger partial charge on any atom is -0.377 e. The first kappa shape index (κ1) is 30.6. The van der Waals surface area contributed by atoms with Gasteiger partial charge in [-0.3, -0.25) is 18.6 Å². The monoisotopic (exact) mass is 522 g/mol. The van der Waals surface area contributed by atoms with Gasteiger partial charge < -0.3 is 14.1 Å². The highest BCUT2D eigenvalue weighted by atomic mass is 32.2. The van der Waals surface area contributed by atoms with Crippen molar-refractivity contribution in [3.05, 3.63) is 23.8 Å². The van der Waals surface area contributed by atoms with Crippen molar-refractivity contribution < 1.29 is 32.7 Å². The number of carbonyl (C=O) groups is 4. The smallest absolute Gasteiger partial charge is 0.178 e. The lowest BCUT2D eigenvalue weighted by atomic mass is 9.45. The fourth-order valence-corrected chi connectivity index (χ4v) is 7.39. The molecule has 1 N–H and O–H groups in total. The molecule has 8 heteroatoms. The second kappa shape index (κ2) is 13.3. The number of allylic oxidation sites excluding steroid dienone is 4. The third-order valence-corrected chi connectivity index (χ3v) is 8.93. The molecule has 4 rings (SSSR count). The third-order valence-electron chi connectivity index (χ3n) is 8.59. The quantitative estimate of drug-likeness (QED) is 0.370. The van der Waals surface area contributed by atoms with Crippen LogP contribution < -0.4 is 0 Å². The van der Waals surface area contributed by atoms with Gasteiger partial charge in [0.1, 0.15) is 18.7 Å². The van der Waals surface area contributed by atoms with Gasteiger partial charge in [0.05, 0.1) is 6.61 Å². The predicted molar refractivity (Wildman–Crippen MR) is 140 cm³/mol. The molecule has 7 nitrogen and oxygen atoms in total. The van der Waals surface area contributed by atoms with Gasteiger partial charge >= 0.3 is 0 Å². The van der Waals surface area contributed by atoms with E-state index in [1.54, 1.807) is 19.3 Å². The SMILES string of the molecule is CCC=O.CCOSO.COCC(=O)C1CCC2C3CC(C)C4=CC(=O)C=CC4(C)C3C(=O)CC12C. The number of ketones is 3. The molecule has 3 saturated carbocycles. The molecule has 0 saturated heterocycles. The van der Waals surface area contributed by atoms with Gasteiger partial charge in [-0.05, 0) is 61.5 Å². The number of hydrogen-bond acceptors (Lipinski definition) is 8. The van der Waals surface area contributed by atoms with Gasteiger partial charge in [0.2, 0.25) is 0 Å². The van der Waals surface area contributed by atoms with E-state index in [1.165, 1.54) is 0 Å². The van der Waals surface area contributed by atoms with Crippen LogP contribution in [0, 0.1) is 40.4 Å². The van der Waals surface area contributed by atoms with Crippen molar-refractivity contribution in [2.45, 2.75) is 66.7 Å². The van der Waals surface area contributed by atoms with E-state index in [0.717, 1.165) is 31.1 Å². The van der Waals surface area contributed by atoms with Crippen molar-refractivity contribution in [1.82, 2.24) is 0 Å². The number of aldehydes is 1. The normalized spacial score (nSPS) is 36.2. The Bertz CT molecular complexity index is 879. The van der Waals surface area contributed by atoms with Gasteiger partial charge in [-0.1, -0.05) is 39.3 Å². The highest BCUT2D eigenvalue weighted by molar-refractivity contribution is 7.88. The lowest BCUT2D eigenvalue weighted by Crippen LogP contribution is -2.56. The molecular weight excluding hydrogens is 480 g/mol. The van der Waals surface area contributed by atoms with Crippen molar-refractivity contribution in [3.63, 3.8) is 0 Å². The number of rotatable bonds is 6. The fraction of sp³-hybridized carbons (Fsp3) is 0.714. The molecule has 4 aliphatic carbocycles. The second-order valence-electron chi connectivity index (χ2n) is 10.7. The minimum absolute atomic E-state index is 0.0342. The lowest BCUT2D eigenvalue weighted by Gasteiger charge is -2.57. The molecule has 36 heavy (non-hydrogen) atoms. The molecule has 0 aliphatic heterocycles. The lowest BCUT2D eigenvalue weighted by molar-refractivity contribution is -0.147. The zero-order chi connectivity index (χ0) is 27.1. The molecule has 0 aromatic carbocycles. The van der Waals surface area contributed by atoms with Crippen molar-refractivity contribution in [3.8, 4) is 0 Å². The van der Waals surface area contributed by atoms with Crippen LogP contribution in [0.2, 0.25) is 0 Å². The molecule has 0 bridgehead atoms. The van der Waals surface area contributed by atoms with Gasteiger partial charge in [0, 0.05) is 37.2 Å². The van der Waals surface area contributed by atoms with Crippen molar-refractivity contribution in [2.24, 2.45) is 40.4 Å². The summed E-state index contributed by atoms with van der Waals surface area (Å²) in [6.45, 7) is 10.8. The van der Waals surface area contributed by atoms with Crippen LogP contribution in [-0.4, -0.2) is 48.5 Å². The Labute approximate surface area is 219 Å². The Kier molecular flexibility index (Phi) is 11.3. The first-order valence-electron chi connectivity index (χ1n) is 12.9. The zero-order valence-electron chi connectivity index (χ0n) is 22.5. The molecular formula is C28H42O7S. The average molecular weight is 523 g/mol. The van der Waals surface area contributed by atoms with E-state index in [2.05, 4.69) is 25.0 Å². The van der Waals surface area contributed by atoms with Crippen LogP contribution in [0.5, 0.6) is 0 Å². The number of carbonyl (C=O) groups excluding carboxylic acids is 4. The van der Waals surface area contributed by atoms with E-state index in [0.29, 0.717) is 37.7 Å². The number of Topliss-reactive ketones (excluding diaryl/α,β-unsaturated/α-hetero) is 2. The van der Waals surface area contributed by atoms with Crippen molar-refractivity contribution in [2.75, 3.05) is 20.3 Å². The minimum atomic E-state index is -0.358. The van der Waals surface area contributed by atoms with E-state index in [4.69, 9.17) is 9.29 Å². The number of fused-ring (bicyclic) bond motifs is 5. The summed E-state index contributed by atoms with van der Waals surface area (Å²) in [4.78, 5) is 47.3. The fourth-order valence-electron chi connectivity index (χ4n) is 7.28. The number of hydrogen-bond donors (Lipinski definition) is 1.